The van der Waals surface area contributed by atoms with Crippen LogP contribution in [0.15, 0.2) is 6.07 Å². The number of hydrazine groups is 1. The van der Waals surface area contributed by atoms with Crippen molar-refractivity contribution in [3.8, 4) is 0 Å². The van der Waals surface area contributed by atoms with Crippen LogP contribution in [0.5, 0.6) is 0 Å². The number of ether oxygens (including phenoxy) is 1. The summed E-state index contributed by atoms with van der Waals surface area (Å²) in [4.78, 5) is 8.96. The molecule has 1 atom stereocenters. The fourth-order valence-electron chi connectivity index (χ4n) is 1.93. The summed E-state index contributed by atoms with van der Waals surface area (Å²) in [6, 6.07) is 0.916. The van der Waals surface area contributed by atoms with Gasteiger partial charge in [-0.05, 0) is 6.42 Å². The van der Waals surface area contributed by atoms with Crippen molar-refractivity contribution in [1.82, 2.24) is 9.97 Å². The smallest absolute Gasteiger partial charge is 0.380 e. The number of hydrogen-bond acceptors (Lipinski definition) is 6. The van der Waals surface area contributed by atoms with E-state index in [0.29, 0.717) is 13.1 Å². The van der Waals surface area contributed by atoms with Gasteiger partial charge in [-0.2, -0.15) is 18.2 Å². The van der Waals surface area contributed by atoms with Crippen molar-refractivity contribution < 1.29 is 17.9 Å². The summed E-state index contributed by atoms with van der Waals surface area (Å²) < 4.78 is 43.3. The number of methoxy groups -OCH3 is 1. The normalized spacial score (nSPS) is 19.8. The van der Waals surface area contributed by atoms with Crippen LogP contribution in [0.1, 0.15) is 12.1 Å². The Balaban J connectivity index is 2.30. The lowest BCUT2D eigenvalue weighted by molar-refractivity contribution is -0.141. The zero-order chi connectivity index (χ0) is 14.0. The van der Waals surface area contributed by atoms with Gasteiger partial charge in [0.25, 0.3) is 0 Å². The van der Waals surface area contributed by atoms with Crippen molar-refractivity contribution in [2.45, 2.75) is 18.7 Å². The third-order valence-electron chi connectivity index (χ3n) is 2.93. The third-order valence-corrected chi connectivity index (χ3v) is 2.93. The van der Waals surface area contributed by atoms with E-state index in [1.165, 1.54) is 0 Å². The SMILES string of the molecule is COC1CCN(c2cc(C(F)(F)F)nc(NN)n2)C1. The van der Waals surface area contributed by atoms with Crippen LogP contribution in [0.4, 0.5) is 24.9 Å². The van der Waals surface area contributed by atoms with Gasteiger partial charge in [0.1, 0.15) is 5.82 Å². The molecule has 1 unspecified atom stereocenters. The quantitative estimate of drug-likeness (QED) is 0.634. The van der Waals surface area contributed by atoms with Crippen molar-refractivity contribution >= 4 is 11.8 Å². The number of nitrogens with zero attached hydrogens (tertiary/aromatic N) is 3. The third kappa shape index (κ3) is 3.04. The van der Waals surface area contributed by atoms with Crippen LogP contribution in [0, 0.1) is 0 Å². The fraction of sp³-hybridized carbons (Fsp3) is 0.600. The molecule has 1 aliphatic rings. The molecule has 0 radical (unpaired) electrons. The van der Waals surface area contributed by atoms with E-state index in [9.17, 15) is 13.2 Å². The molecule has 3 N–H and O–H groups in total. The van der Waals surface area contributed by atoms with Gasteiger partial charge in [0.05, 0.1) is 6.10 Å². The fourth-order valence-corrected chi connectivity index (χ4v) is 1.93. The number of nitrogens with one attached hydrogen (secondary N) is 1. The maximum Gasteiger partial charge on any atom is 0.433 e. The molecule has 106 valence electrons. The average molecular weight is 277 g/mol. The van der Waals surface area contributed by atoms with Crippen LogP contribution >= 0.6 is 0 Å². The van der Waals surface area contributed by atoms with Crippen molar-refractivity contribution in [3.05, 3.63) is 11.8 Å². The Kier molecular flexibility index (Phi) is 3.76. The first kappa shape index (κ1) is 13.8. The Morgan fingerprint density at radius 3 is 2.74 bits per heavy atom. The Labute approximate surface area is 107 Å². The number of alkyl halides is 3. The minimum Gasteiger partial charge on any atom is -0.380 e. The number of hydrogen-bond donors (Lipinski definition) is 2. The predicted molar refractivity (Wildman–Crippen MR) is 62.5 cm³/mol. The molecule has 0 aliphatic carbocycles. The Morgan fingerprint density at radius 1 is 1.47 bits per heavy atom. The molecule has 1 aromatic heterocycles. The van der Waals surface area contributed by atoms with Gasteiger partial charge in [-0.25, -0.2) is 10.8 Å². The van der Waals surface area contributed by atoms with Crippen LogP contribution in [0.25, 0.3) is 0 Å². The van der Waals surface area contributed by atoms with E-state index in [1.54, 1.807) is 12.0 Å². The zero-order valence-electron chi connectivity index (χ0n) is 10.2. The average Bonchev–Trinajstić information content (AvgIpc) is 2.86. The summed E-state index contributed by atoms with van der Waals surface area (Å²) in [5.41, 5.74) is 1.03. The highest BCUT2D eigenvalue weighted by Gasteiger charge is 2.35. The number of nitrogens with two attached hydrogens (primary N) is 1. The summed E-state index contributed by atoms with van der Waals surface area (Å²) in [6.45, 7) is 1.08. The van der Waals surface area contributed by atoms with Crippen LogP contribution in [-0.2, 0) is 10.9 Å². The lowest BCUT2D eigenvalue weighted by atomic mass is 10.3. The van der Waals surface area contributed by atoms with Gasteiger partial charge in [-0.15, -0.1) is 0 Å². The number of halogens is 3. The summed E-state index contributed by atoms with van der Waals surface area (Å²) in [5.74, 6) is 5.03. The van der Waals surface area contributed by atoms with E-state index in [2.05, 4.69) is 9.97 Å². The van der Waals surface area contributed by atoms with Crippen LogP contribution in [-0.4, -0.2) is 36.3 Å². The van der Waals surface area contributed by atoms with Gasteiger partial charge in [-0.1, -0.05) is 0 Å². The second-order valence-corrected chi connectivity index (χ2v) is 4.17. The van der Waals surface area contributed by atoms with Gasteiger partial charge in [0.15, 0.2) is 5.69 Å². The highest BCUT2D eigenvalue weighted by Crippen LogP contribution is 2.31. The van der Waals surface area contributed by atoms with Gasteiger partial charge in [0, 0.05) is 26.3 Å². The van der Waals surface area contributed by atoms with Gasteiger partial charge in [0.2, 0.25) is 5.95 Å². The molecule has 1 aliphatic heterocycles. The number of rotatable bonds is 3. The van der Waals surface area contributed by atoms with Gasteiger partial charge in [-0.3, -0.25) is 5.43 Å². The van der Waals surface area contributed by atoms with Crippen LogP contribution in [0.3, 0.4) is 0 Å². The van der Waals surface area contributed by atoms with Crippen molar-refractivity contribution in [2.75, 3.05) is 30.5 Å². The topological polar surface area (TPSA) is 76.3 Å². The van der Waals surface area contributed by atoms with E-state index in [0.717, 1.165) is 12.5 Å². The van der Waals surface area contributed by atoms with Crippen LogP contribution in [0.2, 0.25) is 0 Å². The first-order chi connectivity index (χ1) is 8.94. The summed E-state index contributed by atoms with van der Waals surface area (Å²) in [5, 5.41) is 0. The maximum atomic E-state index is 12.7. The number of aromatic nitrogens is 2. The molecule has 2 heterocycles. The van der Waals surface area contributed by atoms with Gasteiger partial charge >= 0.3 is 6.18 Å². The molecule has 0 aromatic carbocycles. The first-order valence-electron chi connectivity index (χ1n) is 5.64. The van der Waals surface area contributed by atoms with Crippen molar-refractivity contribution in [3.63, 3.8) is 0 Å². The molecule has 1 saturated heterocycles. The molecule has 19 heavy (non-hydrogen) atoms. The highest BCUT2D eigenvalue weighted by molar-refractivity contribution is 5.46. The molecule has 1 aromatic rings. The minimum atomic E-state index is -4.54. The largest absolute Gasteiger partial charge is 0.433 e. The first-order valence-corrected chi connectivity index (χ1v) is 5.64. The van der Waals surface area contributed by atoms with E-state index in [1.807, 2.05) is 5.43 Å². The molecule has 0 bridgehead atoms. The molecule has 1 fully saturated rings. The van der Waals surface area contributed by atoms with E-state index < -0.39 is 11.9 Å². The van der Waals surface area contributed by atoms with E-state index >= 15 is 0 Å². The Hall–Kier alpha value is -1.61. The Bertz CT molecular complexity index is 453. The van der Waals surface area contributed by atoms with E-state index in [4.69, 9.17) is 10.6 Å². The second-order valence-electron chi connectivity index (χ2n) is 4.17. The molecule has 9 heteroatoms. The standard InChI is InChI=1S/C10H14F3N5O/c1-19-6-2-3-18(5-6)8-4-7(10(11,12)13)15-9(16-8)17-14/h4,6H,2-3,5,14H2,1H3,(H,15,16,17). The van der Waals surface area contributed by atoms with Crippen LogP contribution < -0.4 is 16.2 Å². The minimum absolute atomic E-state index is 0.00131. The second kappa shape index (κ2) is 5.17. The van der Waals surface area contributed by atoms with E-state index in [-0.39, 0.29) is 17.9 Å². The molecule has 2 rings (SSSR count). The van der Waals surface area contributed by atoms with Crippen molar-refractivity contribution in [1.29, 1.82) is 0 Å². The molecule has 0 amide bonds. The summed E-state index contributed by atoms with van der Waals surface area (Å²) in [7, 11) is 1.57. The lowest BCUT2D eigenvalue weighted by Crippen LogP contribution is -2.25. The monoisotopic (exact) mass is 277 g/mol. The zero-order valence-corrected chi connectivity index (χ0v) is 10.2. The predicted octanol–water partition coefficient (Wildman–Crippen LogP) is 1.01. The molecule has 0 saturated carbocycles. The number of anilines is 2. The van der Waals surface area contributed by atoms with Crippen molar-refractivity contribution in [2.24, 2.45) is 5.84 Å². The maximum absolute atomic E-state index is 12.7. The Morgan fingerprint density at radius 2 is 2.21 bits per heavy atom. The summed E-state index contributed by atoms with van der Waals surface area (Å²) >= 11 is 0. The lowest BCUT2D eigenvalue weighted by Gasteiger charge is -2.19. The number of nitrogen functional groups attached to an aromatic ring is 1. The molecule has 6 nitrogen and oxygen atoms in total. The molecule has 0 spiro atoms. The van der Waals surface area contributed by atoms with Gasteiger partial charge < -0.3 is 9.64 Å². The molecular weight excluding hydrogens is 263 g/mol. The highest BCUT2D eigenvalue weighted by atomic mass is 19.4. The molecular formula is C10H14F3N5O. The summed E-state index contributed by atoms with van der Waals surface area (Å²) in [6.07, 6.45) is -3.80.